The summed E-state index contributed by atoms with van der Waals surface area (Å²) in [6.45, 7) is 4.49. The number of rotatable bonds is 5. The van der Waals surface area contributed by atoms with Gasteiger partial charge in [-0.2, -0.15) is 0 Å². The van der Waals surface area contributed by atoms with Crippen molar-refractivity contribution in [3.8, 4) is 0 Å². The molecule has 0 radical (unpaired) electrons. The number of halogens is 2. The minimum absolute atomic E-state index is 0.816. The van der Waals surface area contributed by atoms with E-state index in [9.17, 15) is 0 Å². The van der Waals surface area contributed by atoms with Crippen LogP contribution in [0.1, 0.15) is 19.8 Å². The second-order valence-corrected chi connectivity index (χ2v) is 9.44. The first kappa shape index (κ1) is 10.8. The average Bonchev–Trinajstić information content (AvgIpc) is 2.00. The summed E-state index contributed by atoms with van der Waals surface area (Å²) in [5.41, 5.74) is 1.63. The van der Waals surface area contributed by atoms with Crippen LogP contribution in [-0.2, 0) is 0 Å². The van der Waals surface area contributed by atoms with Gasteiger partial charge in [-0.3, -0.25) is 0 Å². The van der Waals surface area contributed by atoms with Gasteiger partial charge in [-0.1, -0.05) is 32.4 Å². The molecule has 0 aliphatic rings. The highest BCUT2D eigenvalue weighted by molar-refractivity contribution is 6.88. The normalized spacial score (nSPS) is 12.0. The van der Waals surface area contributed by atoms with Gasteiger partial charge in [0.1, 0.15) is 0 Å². The van der Waals surface area contributed by atoms with E-state index < -0.39 is 8.07 Å². The van der Waals surface area contributed by atoms with Crippen molar-refractivity contribution in [2.45, 2.75) is 32.4 Å². The molecule has 0 bridgehead atoms. The van der Waals surface area contributed by atoms with Gasteiger partial charge in [0.2, 0.25) is 0 Å². The molecule has 0 unspecified atom stereocenters. The zero-order valence-corrected chi connectivity index (χ0v) is 9.30. The second-order valence-electron chi connectivity index (χ2n) is 3.18. The fourth-order valence-corrected chi connectivity index (χ4v) is 3.98. The highest BCUT2D eigenvalue weighted by Gasteiger charge is 2.23. The monoisotopic (exact) mass is 198 g/mol. The molecule has 0 aliphatic carbocycles. The highest BCUT2D eigenvalue weighted by Crippen LogP contribution is 2.16. The molecule has 0 saturated heterocycles. The fraction of sp³-hybridized carbons (Fsp3) is 1.00. The Morgan fingerprint density at radius 2 is 1.70 bits per heavy atom. The highest BCUT2D eigenvalue weighted by atomic mass is 35.5. The van der Waals surface area contributed by atoms with Gasteiger partial charge in [-0.25, -0.2) is 0 Å². The summed E-state index contributed by atoms with van der Waals surface area (Å²) in [5.74, 6) is 0. The summed E-state index contributed by atoms with van der Waals surface area (Å²) in [5, 5.41) is 0. The molecule has 0 saturated carbocycles. The second kappa shape index (κ2) is 5.45. The van der Waals surface area contributed by atoms with Crippen molar-refractivity contribution in [2.75, 3.05) is 11.0 Å². The molecule has 0 heterocycles. The van der Waals surface area contributed by atoms with E-state index in [1.807, 2.05) is 0 Å². The Hall–Kier alpha value is 0.797. The summed E-state index contributed by atoms with van der Waals surface area (Å²) in [4.78, 5) is 0. The Kier molecular flexibility index (Phi) is 5.88. The van der Waals surface area contributed by atoms with Crippen LogP contribution in [0.15, 0.2) is 0 Å². The maximum atomic E-state index is 5.82. The van der Waals surface area contributed by atoms with Crippen LogP contribution in [0, 0.1) is 0 Å². The molecule has 10 heavy (non-hydrogen) atoms. The average molecular weight is 199 g/mol. The topological polar surface area (TPSA) is 0 Å². The molecule has 0 aromatic carbocycles. The lowest BCUT2D eigenvalue weighted by atomic mass is 10.4. The summed E-state index contributed by atoms with van der Waals surface area (Å²) in [7, 11) is -1.19. The standard InChI is InChI=1S/C7H16Cl2Si/c1-3-4-5-10(2,6-8)7-9/h3-7H2,1-2H3. The van der Waals surface area contributed by atoms with E-state index in [4.69, 9.17) is 23.2 Å². The maximum Gasteiger partial charge on any atom is 0.0830 e. The van der Waals surface area contributed by atoms with Gasteiger partial charge in [-0.05, 0) is 0 Å². The van der Waals surface area contributed by atoms with Crippen LogP contribution in [0.2, 0.25) is 12.6 Å². The minimum Gasteiger partial charge on any atom is -0.130 e. The molecule has 0 aromatic heterocycles. The zero-order valence-electron chi connectivity index (χ0n) is 6.79. The number of hydrogen-bond acceptors (Lipinski definition) is 0. The summed E-state index contributed by atoms with van der Waals surface area (Å²) < 4.78 is 0. The van der Waals surface area contributed by atoms with Crippen LogP contribution >= 0.6 is 23.2 Å². The number of alkyl halides is 2. The molecule has 3 heteroatoms. The first-order valence-corrected chi connectivity index (χ1v) is 7.99. The van der Waals surface area contributed by atoms with Crippen molar-refractivity contribution in [3.63, 3.8) is 0 Å². The van der Waals surface area contributed by atoms with Gasteiger partial charge in [-0.15, -0.1) is 23.2 Å². The molecular weight excluding hydrogens is 183 g/mol. The third-order valence-electron chi connectivity index (χ3n) is 1.78. The van der Waals surface area contributed by atoms with Crippen molar-refractivity contribution in [1.82, 2.24) is 0 Å². The minimum atomic E-state index is -1.19. The van der Waals surface area contributed by atoms with Crippen LogP contribution < -0.4 is 0 Å². The van der Waals surface area contributed by atoms with E-state index in [1.54, 1.807) is 0 Å². The summed E-state index contributed by atoms with van der Waals surface area (Å²) >= 11 is 11.6. The van der Waals surface area contributed by atoms with Crippen LogP contribution in [-0.4, -0.2) is 19.1 Å². The van der Waals surface area contributed by atoms with E-state index in [1.165, 1.54) is 18.9 Å². The SMILES string of the molecule is CCCC[Si](C)(CCl)CCl. The van der Waals surface area contributed by atoms with E-state index in [2.05, 4.69) is 13.5 Å². The fourth-order valence-electron chi connectivity index (χ4n) is 0.773. The maximum absolute atomic E-state index is 5.82. The van der Waals surface area contributed by atoms with E-state index >= 15 is 0 Å². The lowest BCUT2D eigenvalue weighted by molar-refractivity contribution is 0.867. The van der Waals surface area contributed by atoms with Crippen molar-refractivity contribution in [2.24, 2.45) is 0 Å². The molecule has 0 fully saturated rings. The molecule has 0 aliphatic heterocycles. The lowest BCUT2D eigenvalue weighted by Gasteiger charge is -2.20. The Morgan fingerprint density at radius 1 is 1.20 bits per heavy atom. The molecule has 0 amide bonds. The molecule has 0 aromatic rings. The third-order valence-corrected chi connectivity index (χ3v) is 8.50. The van der Waals surface area contributed by atoms with Crippen molar-refractivity contribution >= 4 is 31.3 Å². The van der Waals surface area contributed by atoms with Crippen molar-refractivity contribution in [3.05, 3.63) is 0 Å². The molecule has 0 N–H and O–H groups in total. The Bertz CT molecular complexity index is 81.7. The first-order valence-electron chi connectivity index (χ1n) is 3.80. The molecular formula is C7H16Cl2Si. The van der Waals surface area contributed by atoms with E-state index in [0.29, 0.717) is 0 Å². The van der Waals surface area contributed by atoms with Crippen LogP contribution in [0.4, 0.5) is 0 Å². The van der Waals surface area contributed by atoms with Crippen molar-refractivity contribution in [1.29, 1.82) is 0 Å². The predicted molar refractivity (Wildman–Crippen MR) is 52.8 cm³/mol. The summed E-state index contributed by atoms with van der Waals surface area (Å²) in [6, 6.07) is 1.29. The van der Waals surface area contributed by atoms with Gasteiger partial charge in [0.05, 0.1) is 8.07 Å². The Balaban J connectivity index is 3.58. The van der Waals surface area contributed by atoms with Gasteiger partial charge in [0.15, 0.2) is 0 Å². The van der Waals surface area contributed by atoms with E-state index in [-0.39, 0.29) is 0 Å². The molecule has 0 rings (SSSR count). The predicted octanol–water partition coefficient (Wildman–Crippen LogP) is 3.42. The van der Waals surface area contributed by atoms with Gasteiger partial charge in [0, 0.05) is 11.0 Å². The lowest BCUT2D eigenvalue weighted by Crippen LogP contribution is -2.35. The van der Waals surface area contributed by atoms with Gasteiger partial charge >= 0.3 is 0 Å². The third kappa shape index (κ3) is 3.84. The Morgan fingerprint density at radius 3 is 2.00 bits per heavy atom. The first-order chi connectivity index (χ1) is 4.68. The number of unbranched alkanes of at least 4 members (excludes halogenated alkanes) is 1. The quantitative estimate of drug-likeness (QED) is 0.470. The molecule has 0 spiro atoms. The molecule has 0 atom stereocenters. The smallest absolute Gasteiger partial charge is 0.0830 e. The molecule has 0 nitrogen and oxygen atoms in total. The van der Waals surface area contributed by atoms with Crippen molar-refractivity contribution < 1.29 is 0 Å². The zero-order chi connectivity index (χ0) is 8.04. The largest absolute Gasteiger partial charge is 0.130 e. The van der Waals surface area contributed by atoms with Gasteiger partial charge < -0.3 is 0 Å². The number of hydrogen-bond donors (Lipinski definition) is 0. The van der Waals surface area contributed by atoms with Crippen LogP contribution in [0.25, 0.3) is 0 Å². The van der Waals surface area contributed by atoms with Crippen LogP contribution in [0.3, 0.4) is 0 Å². The van der Waals surface area contributed by atoms with Gasteiger partial charge in [0.25, 0.3) is 0 Å². The van der Waals surface area contributed by atoms with Crippen LogP contribution in [0.5, 0.6) is 0 Å². The Labute approximate surface area is 74.9 Å². The molecule has 62 valence electrons. The van der Waals surface area contributed by atoms with E-state index in [0.717, 1.165) is 11.0 Å². The summed E-state index contributed by atoms with van der Waals surface area (Å²) in [6.07, 6.45) is 2.55.